The first-order chi connectivity index (χ1) is 14.4. The normalized spacial score (nSPS) is 11.1. The molecule has 3 aromatic rings. The summed E-state index contributed by atoms with van der Waals surface area (Å²) in [4.78, 5) is 30.3. The number of carbonyl (C=O) groups excluding carboxylic acids is 1. The monoisotopic (exact) mass is 425 g/mol. The van der Waals surface area contributed by atoms with E-state index in [1.54, 1.807) is 17.7 Å². The number of aryl methyl sites for hydroxylation is 1. The number of amides is 1. The van der Waals surface area contributed by atoms with Crippen LogP contribution < -0.4 is 15.6 Å². The molecule has 0 saturated carbocycles. The molecule has 2 aromatic carbocycles. The molecule has 158 valence electrons. The molecule has 0 aliphatic carbocycles. The standard InChI is InChI=1S/C23H27N3O3S/c1-15(2)11-12-26-22(28)17-7-5-6-8-18(17)25-23(26)30-14-21(27)24-19-13-16(3)9-10-20(19)29-4/h5-10,13,15H,11-12,14H2,1-4H3,(H,24,27). The molecular weight excluding hydrogens is 398 g/mol. The number of aromatic nitrogens is 2. The molecule has 1 amide bonds. The van der Waals surface area contributed by atoms with Gasteiger partial charge in [-0.1, -0.05) is 43.8 Å². The van der Waals surface area contributed by atoms with Gasteiger partial charge in [0, 0.05) is 6.54 Å². The zero-order valence-electron chi connectivity index (χ0n) is 17.8. The SMILES string of the molecule is COc1ccc(C)cc1NC(=O)CSc1nc2ccccc2c(=O)n1CCC(C)C. The minimum Gasteiger partial charge on any atom is -0.495 e. The molecule has 0 aliphatic heterocycles. The van der Waals surface area contributed by atoms with Gasteiger partial charge in [0.15, 0.2) is 5.16 Å². The molecule has 0 saturated heterocycles. The van der Waals surface area contributed by atoms with Crippen LogP contribution in [0.25, 0.3) is 10.9 Å². The van der Waals surface area contributed by atoms with Gasteiger partial charge in [-0.15, -0.1) is 0 Å². The van der Waals surface area contributed by atoms with Crippen LogP contribution >= 0.6 is 11.8 Å². The molecule has 1 heterocycles. The maximum absolute atomic E-state index is 13.0. The number of hydrogen-bond donors (Lipinski definition) is 1. The Morgan fingerprint density at radius 1 is 1.23 bits per heavy atom. The molecule has 0 bridgehead atoms. The van der Waals surface area contributed by atoms with Crippen LogP contribution in [0.15, 0.2) is 52.4 Å². The van der Waals surface area contributed by atoms with Gasteiger partial charge < -0.3 is 10.1 Å². The minimum absolute atomic E-state index is 0.0653. The summed E-state index contributed by atoms with van der Waals surface area (Å²) < 4.78 is 7.01. The van der Waals surface area contributed by atoms with E-state index >= 15 is 0 Å². The van der Waals surface area contributed by atoms with E-state index in [1.807, 2.05) is 43.3 Å². The topological polar surface area (TPSA) is 73.2 Å². The summed E-state index contributed by atoms with van der Waals surface area (Å²) in [5, 5.41) is 4.05. The van der Waals surface area contributed by atoms with Gasteiger partial charge in [-0.2, -0.15) is 0 Å². The lowest BCUT2D eigenvalue weighted by Gasteiger charge is -2.14. The van der Waals surface area contributed by atoms with Crippen molar-refractivity contribution in [3.63, 3.8) is 0 Å². The van der Waals surface area contributed by atoms with E-state index in [4.69, 9.17) is 4.74 Å². The van der Waals surface area contributed by atoms with Crippen molar-refractivity contribution in [3.8, 4) is 5.75 Å². The van der Waals surface area contributed by atoms with E-state index in [-0.39, 0.29) is 17.2 Å². The number of hydrogen-bond acceptors (Lipinski definition) is 5. The first kappa shape index (κ1) is 21.9. The molecular formula is C23H27N3O3S. The van der Waals surface area contributed by atoms with Crippen molar-refractivity contribution in [1.29, 1.82) is 0 Å². The fourth-order valence-electron chi connectivity index (χ4n) is 3.08. The van der Waals surface area contributed by atoms with Crippen LogP contribution in [0.3, 0.4) is 0 Å². The van der Waals surface area contributed by atoms with Crippen LogP contribution in [0.1, 0.15) is 25.8 Å². The van der Waals surface area contributed by atoms with Crippen LogP contribution in [0.5, 0.6) is 5.75 Å². The Kier molecular flexibility index (Phi) is 7.15. The van der Waals surface area contributed by atoms with Gasteiger partial charge in [0.2, 0.25) is 5.91 Å². The van der Waals surface area contributed by atoms with Crippen molar-refractivity contribution in [1.82, 2.24) is 9.55 Å². The van der Waals surface area contributed by atoms with Gasteiger partial charge in [0.05, 0.1) is 29.5 Å². The Morgan fingerprint density at radius 3 is 2.73 bits per heavy atom. The molecule has 0 atom stereocenters. The maximum Gasteiger partial charge on any atom is 0.262 e. The highest BCUT2D eigenvalue weighted by atomic mass is 32.2. The molecule has 0 aliphatic rings. The summed E-state index contributed by atoms with van der Waals surface area (Å²) in [7, 11) is 1.57. The van der Waals surface area contributed by atoms with Gasteiger partial charge in [0.25, 0.3) is 5.56 Å². The van der Waals surface area contributed by atoms with Gasteiger partial charge in [-0.3, -0.25) is 14.2 Å². The molecule has 1 aromatic heterocycles. The van der Waals surface area contributed by atoms with Crippen LogP contribution in [0.4, 0.5) is 5.69 Å². The largest absolute Gasteiger partial charge is 0.495 e. The highest BCUT2D eigenvalue weighted by Crippen LogP contribution is 2.26. The average molecular weight is 426 g/mol. The van der Waals surface area contributed by atoms with Crippen molar-refractivity contribution in [3.05, 3.63) is 58.4 Å². The van der Waals surface area contributed by atoms with Gasteiger partial charge in [-0.05, 0) is 49.1 Å². The Morgan fingerprint density at radius 2 is 2.00 bits per heavy atom. The Labute approximate surface area is 180 Å². The Balaban J connectivity index is 1.82. The summed E-state index contributed by atoms with van der Waals surface area (Å²) in [5.74, 6) is 1.03. The highest BCUT2D eigenvalue weighted by molar-refractivity contribution is 7.99. The number of para-hydroxylation sites is 1. The highest BCUT2D eigenvalue weighted by Gasteiger charge is 2.14. The lowest BCUT2D eigenvalue weighted by atomic mass is 10.1. The molecule has 3 rings (SSSR count). The van der Waals surface area contributed by atoms with E-state index in [9.17, 15) is 9.59 Å². The lowest BCUT2D eigenvalue weighted by molar-refractivity contribution is -0.113. The first-order valence-corrected chi connectivity index (χ1v) is 10.9. The van der Waals surface area contributed by atoms with Crippen LogP contribution in [0, 0.1) is 12.8 Å². The molecule has 30 heavy (non-hydrogen) atoms. The predicted molar refractivity (Wildman–Crippen MR) is 123 cm³/mol. The summed E-state index contributed by atoms with van der Waals surface area (Å²) in [6.07, 6.45) is 0.861. The summed E-state index contributed by atoms with van der Waals surface area (Å²) in [6, 6.07) is 12.9. The summed E-state index contributed by atoms with van der Waals surface area (Å²) in [6.45, 7) is 6.77. The molecule has 0 spiro atoms. The lowest BCUT2D eigenvalue weighted by Crippen LogP contribution is -2.25. The Hall–Kier alpha value is -2.80. The molecule has 0 fully saturated rings. The van der Waals surface area contributed by atoms with Gasteiger partial charge in [0.1, 0.15) is 5.75 Å². The average Bonchev–Trinajstić information content (AvgIpc) is 2.72. The summed E-state index contributed by atoms with van der Waals surface area (Å²) >= 11 is 1.27. The van der Waals surface area contributed by atoms with E-state index in [2.05, 4.69) is 24.1 Å². The zero-order valence-corrected chi connectivity index (χ0v) is 18.6. The number of ether oxygens (including phenoxy) is 1. The minimum atomic E-state index is -0.179. The maximum atomic E-state index is 13.0. The number of nitrogens with zero attached hydrogens (tertiary/aromatic N) is 2. The number of rotatable bonds is 8. The number of methoxy groups -OCH3 is 1. The van der Waals surface area contributed by atoms with Crippen molar-refractivity contribution in [2.75, 3.05) is 18.2 Å². The quantitative estimate of drug-likeness (QED) is 0.425. The molecule has 0 radical (unpaired) electrons. The fraction of sp³-hybridized carbons (Fsp3) is 0.348. The van der Waals surface area contributed by atoms with Crippen molar-refractivity contribution < 1.29 is 9.53 Å². The molecule has 0 unspecified atom stereocenters. The Bertz CT molecular complexity index is 1110. The van der Waals surface area contributed by atoms with Gasteiger partial charge >= 0.3 is 0 Å². The predicted octanol–water partition coefficient (Wildman–Crippen LogP) is 4.49. The number of benzene rings is 2. The third-order valence-electron chi connectivity index (χ3n) is 4.72. The third kappa shape index (κ3) is 5.21. The second-order valence-corrected chi connectivity index (χ2v) is 8.53. The molecule has 1 N–H and O–H groups in total. The molecule has 6 nitrogen and oxygen atoms in total. The number of nitrogens with one attached hydrogen (secondary N) is 1. The first-order valence-electron chi connectivity index (χ1n) is 9.96. The number of thioether (sulfide) groups is 1. The van der Waals surface area contributed by atoms with Crippen LogP contribution in [-0.2, 0) is 11.3 Å². The smallest absolute Gasteiger partial charge is 0.262 e. The zero-order chi connectivity index (χ0) is 21.7. The van der Waals surface area contributed by atoms with E-state index in [0.29, 0.717) is 40.0 Å². The molecule has 7 heteroatoms. The number of carbonyl (C=O) groups is 1. The fourth-order valence-corrected chi connectivity index (χ4v) is 3.90. The second kappa shape index (κ2) is 9.80. The van der Waals surface area contributed by atoms with Crippen molar-refractivity contribution in [2.45, 2.75) is 38.9 Å². The van der Waals surface area contributed by atoms with E-state index in [0.717, 1.165) is 12.0 Å². The summed E-state index contributed by atoms with van der Waals surface area (Å²) in [5.41, 5.74) is 2.24. The van der Waals surface area contributed by atoms with E-state index in [1.165, 1.54) is 11.8 Å². The third-order valence-corrected chi connectivity index (χ3v) is 5.69. The van der Waals surface area contributed by atoms with Crippen LogP contribution in [0.2, 0.25) is 0 Å². The second-order valence-electron chi connectivity index (χ2n) is 7.59. The van der Waals surface area contributed by atoms with Gasteiger partial charge in [-0.25, -0.2) is 4.98 Å². The van der Waals surface area contributed by atoms with Crippen molar-refractivity contribution in [2.24, 2.45) is 5.92 Å². The number of fused-ring (bicyclic) bond motifs is 1. The van der Waals surface area contributed by atoms with Crippen molar-refractivity contribution >= 4 is 34.3 Å². The van der Waals surface area contributed by atoms with Crippen LogP contribution in [-0.4, -0.2) is 28.3 Å². The number of anilines is 1. The van der Waals surface area contributed by atoms with E-state index < -0.39 is 0 Å².